The predicted octanol–water partition coefficient (Wildman–Crippen LogP) is 3.14. The van der Waals surface area contributed by atoms with Crippen LogP contribution in [0.15, 0.2) is 47.4 Å². The summed E-state index contributed by atoms with van der Waals surface area (Å²) in [5, 5.41) is 0. The molecule has 1 atom stereocenters. The van der Waals surface area contributed by atoms with Crippen LogP contribution in [0.5, 0.6) is 5.75 Å². The van der Waals surface area contributed by atoms with Crippen molar-refractivity contribution in [2.24, 2.45) is 0 Å². The van der Waals surface area contributed by atoms with E-state index >= 15 is 0 Å². The van der Waals surface area contributed by atoms with Crippen LogP contribution in [0.2, 0.25) is 0 Å². The van der Waals surface area contributed by atoms with Gasteiger partial charge in [0.05, 0.1) is 12.8 Å². The minimum atomic E-state index is -3.65. The Morgan fingerprint density at radius 3 is 2.64 bits per heavy atom. The molecule has 0 bridgehead atoms. The van der Waals surface area contributed by atoms with E-state index in [0.29, 0.717) is 5.75 Å². The monoisotopic (exact) mass is 317 g/mol. The Labute approximate surface area is 131 Å². The van der Waals surface area contributed by atoms with Crippen LogP contribution in [0.3, 0.4) is 0 Å². The number of fused-ring (bicyclic) bond motifs is 1. The van der Waals surface area contributed by atoms with Gasteiger partial charge in [0.2, 0.25) is 0 Å². The molecule has 5 heteroatoms. The van der Waals surface area contributed by atoms with Crippen LogP contribution >= 0.6 is 0 Å². The molecule has 1 aliphatic rings. The Balaban J connectivity index is 2.15. The zero-order chi connectivity index (χ0) is 15.9. The van der Waals surface area contributed by atoms with E-state index in [-0.39, 0.29) is 10.9 Å². The molecule has 0 aliphatic carbocycles. The Kier molecular flexibility index (Phi) is 3.60. The highest BCUT2D eigenvalue weighted by molar-refractivity contribution is 7.93. The number of hydrogen-bond donors (Lipinski definition) is 0. The first-order chi connectivity index (χ1) is 10.4. The lowest BCUT2D eigenvalue weighted by Gasteiger charge is -2.25. The fraction of sp³-hybridized carbons (Fsp3) is 0.294. The molecular weight excluding hydrogens is 298 g/mol. The van der Waals surface area contributed by atoms with Gasteiger partial charge in [0.25, 0.3) is 10.0 Å². The molecule has 1 heterocycles. The SMILES string of the molecule is COc1cc(C)ccc1S(=O)(=O)N1c2ccccc2CC1C. The van der Waals surface area contributed by atoms with Crippen LogP contribution in [0, 0.1) is 6.92 Å². The lowest BCUT2D eigenvalue weighted by Crippen LogP contribution is -2.35. The molecule has 0 radical (unpaired) electrons. The average molecular weight is 317 g/mol. The molecule has 116 valence electrons. The van der Waals surface area contributed by atoms with Crippen molar-refractivity contribution >= 4 is 15.7 Å². The number of hydrogen-bond acceptors (Lipinski definition) is 3. The van der Waals surface area contributed by atoms with Gasteiger partial charge in [0, 0.05) is 6.04 Å². The molecular formula is C17H19NO3S. The number of rotatable bonds is 3. The number of aryl methyl sites for hydroxylation is 1. The summed E-state index contributed by atoms with van der Waals surface area (Å²) in [5.41, 5.74) is 2.79. The number of anilines is 1. The molecule has 22 heavy (non-hydrogen) atoms. The average Bonchev–Trinajstić information content (AvgIpc) is 2.83. The van der Waals surface area contributed by atoms with Crippen molar-refractivity contribution in [2.45, 2.75) is 31.2 Å². The van der Waals surface area contributed by atoms with E-state index in [1.54, 1.807) is 18.2 Å². The molecule has 0 fully saturated rings. The van der Waals surface area contributed by atoms with E-state index < -0.39 is 10.0 Å². The second-order valence-electron chi connectivity index (χ2n) is 5.64. The third kappa shape index (κ3) is 2.25. The lowest BCUT2D eigenvalue weighted by atomic mass is 10.1. The maximum atomic E-state index is 13.1. The Bertz CT molecular complexity index is 814. The number of benzene rings is 2. The van der Waals surface area contributed by atoms with Crippen LogP contribution in [-0.4, -0.2) is 21.6 Å². The first-order valence-corrected chi connectivity index (χ1v) is 8.66. The van der Waals surface area contributed by atoms with E-state index in [0.717, 1.165) is 23.2 Å². The minimum Gasteiger partial charge on any atom is -0.495 e. The number of methoxy groups -OCH3 is 1. The lowest BCUT2D eigenvalue weighted by molar-refractivity contribution is 0.402. The van der Waals surface area contributed by atoms with E-state index in [4.69, 9.17) is 4.74 Å². The summed E-state index contributed by atoms with van der Waals surface area (Å²) in [7, 11) is -2.16. The number of para-hydroxylation sites is 1. The fourth-order valence-electron chi connectivity index (χ4n) is 3.00. The summed E-state index contributed by atoms with van der Waals surface area (Å²) in [6.45, 7) is 3.84. The van der Waals surface area contributed by atoms with Gasteiger partial charge in [0.1, 0.15) is 10.6 Å². The van der Waals surface area contributed by atoms with Crippen LogP contribution in [0.1, 0.15) is 18.1 Å². The van der Waals surface area contributed by atoms with Gasteiger partial charge in [-0.25, -0.2) is 8.42 Å². The van der Waals surface area contributed by atoms with Crippen LogP contribution < -0.4 is 9.04 Å². The molecule has 0 spiro atoms. The van der Waals surface area contributed by atoms with Crippen molar-refractivity contribution in [3.8, 4) is 5.75 Å². The van der Waals surface area contributed by atoms with Gasteiger partial charge in [-0.1, -0.05) is 24.3 Å². The van der Waals surface area contributed by atoms with Gasteiger partial charge in [-0.15, -0.1) is 0 Å². The fourth-order valence-corrected chi connectivity index (χ4v) is 4.83. The Morgan fingerprint density at radius 1 is 1.18 bits per heavy atom. The normalized spacial score (nSPS) is 17.4. The van der Waals surface area contributed by atoms with Crippen molar-refractivity contribution in [1.29, 1.82) is 0 Å². The highest BCUT2D eigenvalue weighted by Crippen LogP contribution is 2.38. The summed E-state index contributed by atoms with van der Waals surface area (Å²) < 4.78 is 33.1. The summed E-state index contributed by atoms with van der Waals surface area (Å²) >= 11 is 0. The number of ether oxygens (including phenoxy) is 1. The Morgan fingerprint density at radius 2 is 1.91 bits per heavy atom. The van der Waals surface area contributed by atoms with Crippen LogP contribution in [0.4, 0.5) is 5.69 Å². The molecule has 0 saturated carbocycles. The molecule has 0 aromatic heterocycles. The summed E-state index contributed by atoms with van der Waals surface area (Å²) in [6.07, 6.45) is 0.726. The number of nitrogens with zero attached hydrogens (tertiary/aromatic N) is 1. The quantitative estimate of drug-likeness (QED) is 0.873. The first-order valence-electron chi connectivity index (χ1n) is 7.22. The highest BCUT2D eigenvalue weighted by atomic mass is 32.2. The second-order valence-corrected chi connectivity index (χ2v) is 7.42. The first kappa shape index (κ1) is 14.9. The summed E-state index contributed by atoms with van der Waals surface area (Å²) in [6, 6.07) is 12.7. The van der Waals surface area contributed by atoms with Crippen molar-refractivity contribution in [3.63, 3.8) is 0 Å². The van der Waals surface area contributed by atoms with Crippen LogP contribution in [0.25, 0.3) is 0 Å². The molecule has 0 saturated heterocycles. The molecule has 1 unspecified atom stereocenters. The molecule has 0 N–H and O–H groups in total. The molecule has 2 aromatic rings. The second kappa shape index (κ2) is 5.32. The summed E-state index contributed by atoms with van der Waals surface area (Å²) in [4.78, 5) is 0.212. The van der Waals surface area contributed by atoms with Gasteiger partial charge < -0.3 is 4.74 Å². The van der Waals surface area contributed by atoms with Crippen molar-refractivity contribution in [2.75, 3.05) is 11.4 Å². The molecule has 3 rings (SSSR count). The maximum Gasteiger partial charge on any atom is 0.268 e. The topological polar surface area (TPSA) is 46.6 Å². The van der Waals surface area contributed by atoms with Crippen molar-refractivity contribution < 1.29 is 13.2 Å². The van der Waals surface area contributed by atoms with E-state index in [1.807, 2.05) is 38.1 Å². The third-order valence-corrected chi connectivity index (χ3v) is 5.97. The highest BCUT2D eigenvalue weighted by Gasteiger charge is 2.37. The minimum absolute atomic E-state index is 0.103. The van der Waals surface area contributed by atoms with Gasteiger partial charge in [0.15, 0.2) is 0 Å². The summed E-state index contributed by atoms with van der Waals surface area (Å²) in [5.74, 6) is 0.386. The largest absolute Gasteiger partial charge is 0.495 e. The van der Waals surface area contributed by atoms with E-state index in [1.165, 1.54) is 11.4 Å². The molecule has 0 amide bonds. The van der Waals surface area contributed by atoms with Crippen molar-refractivity contribution in [3.05, 3.63) is 53.6 Å². The standard InChI is InChI=1S/C17H19NO3S/c1-12-8-9-17(16(10-12)21-3)22(19,20)18-13(2)11-14-6-4-5-7-15(14)18/h4-10,13H,11H2,1-3H3. The van der Waals surface area contributed by atoms with Gasteiger partial charge in [-0.05, 0) is 49.6 Å². The maximum absolute atomic E-state index is 13.1. The van der Waals surface area contributed by atoms with E-state index in [9.17, 15) is 8.42 Å². The third-order valence-electron chi connectivity index (χ3n) is 4.00. The Hall–Kier alpha value is -2.01. The zero-order valence-corrected chi connectivity index (χ0v) is 13.7. The van der Waals surface area contributed by atoms with Gasteiger partial charge in [-0.2, -0.15) is 0 Å². The number of sulfonamides is 1. The van der Waals surface area contributed by atoms with Crippen LogP contribution in [-0.2, 0) is 16.4 Å². The smallest absolute Gasteiger partial charge is 0.268 e. The molecule has 2 aromatic carbocycles. The van der Waals surface area contributed by atoms with Gasteiger partial charge in [-0.3, -0.25) is 4.31 Å². The predicted molar refractivity (Wildman–Crippen MR) is 87.0 cm³/mol. The molecule has 4 nitrogen and oxygen atoms in total. The molecule has 1 aliphatic heterocycles. The zero-order valence-electron chi connectivity index (χ0n) is 12.9. The van der Waals surface area contributed by atoms with Gasteiger partial charge >= 0.3 is 0 Å². The van der Waals surface area contributed by atoms with Crippen molar-refractivity contribution in [1.82, 2.24) is 0 Å². The van der Waals surface area contributed by atoms with E-state index in [2.05, 4.69) is 0 Å².